The Bertz CT molecular complexity index is 406. The Morgan fingerprint density at radius 1 is 1.50 bits per heavy atom. The number of hydrazone groups is 1. The van der Waals surface area contributed by atoms with Crippen LogP contribution >= 0.6 is 0 Å². The molecule has 0 aromatic carbocycles. The predicted molar refractivity (Wildman–Crippen MR) is 42.5 cm³/mol. The monoisotopic (exact) mass is 201 g/mol. The van der Waals surface area contributed by atoms with Gasteiger partial charge in [0, 0.05) is 0 Å². The van der Waals surface area contributed by atoms with E-state index in [4.69, 9.17) is 10.9 Å². The van der Waals surface area contributed by atoms with Crippen molar-refractivity contribution >= 4 is 11.7 Å². The molecule has 0 bridgehead atoms. The molecule has 74 valence electrons. The second-order valence-corrected chi connectivity index (χ2v) is 2.26. The van der Waals surface area contributed by atoms with Gasteiger partial charge < -0.3 is 10.9 Å². The summed E-state index contributed by atoms with van der Waals surface area (Å²) in [5, 5.41) is 11.4. The Morgan fingerprint density at radius 2 is 2.14 bits per heavy atom. The van der Waals surface area contributed by atoms with Crippen LogP contribution in [0.2, 0.25) is 0 Å². The maximum Gasteiger partial charge on any atom is 0.357 e. The summed E-state index contributed by atoms with van der Waals surface area (Å²) in [5.74, 6) is 0.902. The van der Waals surface area contributed by atoms with Crippen LogP contribution in [0.4, 0.5) is 8.78 Å². The summed E-state index contributed by atoms with van der Waals surface area (Å²) < 4.78 is 25.2. The number of carboxylic acids is 1. The summed E-state index contributed by atoms with van der Waals surface area (Å²) in [6.45, 7) is 0. The third-order valence-electron chi connectivity index (χ3n) is 1.40. The second-order valence-electron chi connectivity index (χ2n) is 2.26. The van der Waals surface area contributed by atoms with E-state index in [2.05, 4.69) is 10.1 Å². The molecule has 3 N–H and O–H groups in total. The van der Waals surface area contributed by atoms with Gasteiger partial charge >= 0.3 is 5.97 Å². The lowest BCUT2D eigenvalue weighted by atomic mass is 10.2. The van der Waals surface area contributed by atoms with E-state index in [9.17, 15) is 13.6 Å². The summed E-state index contributed by atoms with van der Waals surface area (Å²) >= 11 is 0. The van der Waals surface area contributed by atoms with Gasteiger partial charge in [-0.05, 0) is 12.1 Å². The van der Waals surface area contributed by atoms with Crippen LogP contribution in [0.1, 0.15) is 5.56 Å². The van der Waals surface area contributed by atoms with Crippen LogP contribution in [-0.2, 0) is 4.79 Å². The smallest absolute Gasteiger partial charge is 0.357 e. The Kier molecular flexibility index (Phi) is 2.70. The summed E-state index contributed by atoms with van der Waals surface area (Å²) in [5.41, 5.74) is -1.17. The number of hydrogen-bond donors (Lipinski definition) is 2. The van der Waals surface area contributed by atoms with Crippen molar-refractivity contribution in [3.8, 4) is 0 Å². The van der Waals surface area contributed by atoms with Crippen molar-refractivity contribution in [1.29, 1.82) is 0 Å². The SMILES string of the molecule is N/N=C(/C(=O)O)c1ccc(F)nc1F. The first-order valence-corrected chi connectivity index (χ1v) is 3.40. The number of nitrogens with zero attached hydrogens (tertiary/aromatic N) is 2. The van der Waals surface area contributed by atoms with Crippen LogP contribution in [0.15, 0.2) is 17.2 Å². The highest BCUT2D eigenvalue weighted by atomic mass is 19.1. The Labute approximate surface area is 76.9 Å². The van der Waals surface area contributed by atoms with Crippen molar-refractivity contribution in [2.75, 3.05) is 0 Å². The fourth-order valence-corrected chi connectivity index (χ4v) is 0.829. The third kappa shape index (κ3) is 1.82. The zero-order chi connectivity index (χ0) is 10.7. The molecule has 14 heavy (non-hydrogen) atoms. The van der Waals surface area contributed by atoms with Gasteiger partial charge in [-0.1, -0.05) is 0 Å². The van der Waals surface area contributed by atoms with Gasteiger partial charge in [-0.2, -0.15) is 18.9 Å². The lowest BCUT2D eigenvalue weighted by Crippen LogP contribution is -2.18. The quantitative estimate of drug-likeness (QED) is 0.307. The minimum atomic E-state index is -1.51. The van der Waals surface area contributed by atoms with Crippen LogP contribution in [0.25, 0.3) is 0 Å². The highest BCUT2D eigenvalue weighted by molar-refractivity contribution is 6.42. The molecule has 0 aliphatic heterocycles. The average Bonchev–Trinajstić information content (AvgIpc) is 2.09. The molecule has 0 radical (unpaired) electrons. The fraction of sp³-hybridized carbons (Fsp3) is 0. The first kappa shape index (κ1) is 10.0. The van der Waals surface area contributed by atoms with Crippen molar-refractivity contribution < 1.29 is 18.7 Å². The zero-order valence-corrected chi connectivity index (χ0v) is 6.74. The van der Waals surface area contributed by atoms with Gasteiger partial charge in [0.25, 0.3) is 0 Å². The number of rotatable bonds is 2. The lowest BCUT2D eigenvalue weighted by molar-refractivity contribution is -0.129. The molecule has 0 amide bonds. The van der Waals surface area contributed by atoms with Gasteiger partial charge in [-0.25, -0.2) is 4.79 Å². The number of halogens is 2. The molecule has 1 heterocycles. The number of carbonyl (C=O) groups is 1. The second kappa shape index (κ2) is 3.77. The number of aromatic nitrogens is 1. The van der Waals surface area contributed by atoms with Gasteiger partial charge in [0.05, 0.1) is 5.56 Å². The topological polar surface area (TPSA) is 88.6 Å². The maximum absolute atomic E-state index is 12.9. The molecule has 7 heteroatoms. The minimum absolute atomic E-state index is 0.457. The van der Waals surface area contributed by atoms with E-state index in [-0.39, 0.29) is 0 Å². The summed E-state index contributed by atoms with van der Waals surface area (Å²) in [4.78, 5) is 13.3. The lowest BCUT2D eigenvalue weighted by Gasteiger charge is -2.00. The van der Waals surface area contributed by atoms with E-state index in [0.29, 0.717) is 0 Å². The summed E-state index contributed by atoms with van der Waals surface area (Å²) in [6.07, 6.45) is 0. The Hall–Kier alpha value is -2.05. The van der Waals surface area contributed by atoms with E-state index in [0.717, 1.165) is 12.1 Å². The Morgan fingerprint density at radius 3 is 2.57 bits per heavy atom. The molecule has 0 saturated heterocycles. The van der Waals surface area contributed by atoms with E-state index < -0.39 is 29.1 Å². The van der Waals surface area contributed by atoms with Gasteiger partial charge in [0.1, 0.15) is 0 Å². The number of pyridine rings is 1. The largest absolute Gasteiger partial charge is 0.476 e. The van der Waals surface area contributed by atoms with Crippen LogP contribution < -0.4 is 5.84 Å². The van der Waals surface area contributed by atoms with Crippen LogP contribution in [0, 0.1) is 11.9 Å². The summed E-state index contributed by atoms with van der Waals surface area (Å²) in [7, 11) is 0. The number of hydrogen-bond acceptors (Lipinski definition) is 4. The fourth-order valence-electron chi connectivity index (χ4n) is 0.829. The van der Waals surface area contributed by atoms with Gasteiger partial charge in [-0.15, -0.1) is 0 Å². The molecule has 0 saturated carbocycles. The van der Waals surface area contributed by atoms with Crippen molar-refractivity contribution in [3.05, 3.63) is 29.6 Å². The molecule has 0 unspecified atom stereocenters. The highest BCUT2D eigenvalue weighted by Gasteiger charge is 2.18. The summed E-state index contributed by atoms with van der Waals surface area (Å²) in [6, 6.07) is 1.71. The van der Waals surface area contributed by atoms with Gasteiger partial charge in [-0.3, -0.25) is 0 Å². The van der Waals surface area contributed by atoms with Crippen LogP contribution in [0.5, 0.6) is 0 Å². The van der Waals surface area contributed by atoms with Crippen molar-refractivity contribution in [2.24, 2.45) is 10.9 Å². The minimum Gasteiger partial charge on any atom is -0.476 e. The Balaban J connectivity index is 3.25. The molecule has 0 atom stereocenters. The first-order valence-electron chi connectivity index (χ1n) is 3.40. The molecular weight excluding hydrogens is 196 g/mol. The molecule has 1 aromatic rings. The van der Waals surface area contributed by atoms with Crippen molar-refractivity contribution in [3.63, 3.8) is 0 Å². The molecule has 0 spiro atoms. The van der Waals surface area contributed by atoms with E-state index in [1.54, 1.807) is 0 Å². The standard InChI is InChI=1S/C7H5F2N3O2/c8-4-2-1-3(6(9)11-4)5(12-10)7(13)14/h1-2H,10H2,(H,13,14)/b12-5+. The van der Waals surface area contributed by atoms with Crippen LogP contribution in [-0.4, -0.2) is 21.8 Å². The normalized spacial score (nSPS) is 11.4. The molecule has 1 rings (SSSR count). The zero-order valence-electron chi connectivity index (χ0n) is 6.74. The molecule has 0 aliphatic carbocycles. The van der Waals surface area contributed by atoms with Crippen LogP contribution in [0.3, 0.4) is 0 Å². The molecule has 0 fully saturated rings. The molecule has 5 nitrogen and oxygen atoms in total. The van der Waals surface area contributed by atoms with Crippen molar-refractivity contribution in [2.45, 2.75) is 0 Å². The van der Waals surface area contributed by atoms with Gasteiger partial charge in [0.15, 0.2) is 5.71 Å². The maximum atomic E-state index is 12.9. The van der Waals surface area contributed by atoms with Gasteiger partial charge in [0.2, 0.25) is 11.9 Å². The molecular formula is C7H5F2N3O2. The predicted octanol–water partition coefficient (Wildman–Crippen LogP) is 0.107. The third-order valence-corrected chi connectivity index (χ3v) is 1.40. The van der Waals surface area contributed by atoms with E-state index in [1.807, 2.05) is 0 Å². The first-order chi connectivity index (χ1) is 6.56. The highest BCUT2D eigenvalue weighted by Crippen LogP contribution is 2.07. The molecule has 1 aromatic heterocycles. The number of carboxylic acid groups (broad SMARTS) is 1. The van der Waals surface area contributed by atoms with E-state index in [1.165, 1.54) is 0 Å². The average molecular weight is 201 g/mol. The van der Waals surface area contributed by atoms with Crippen molar-refractivity contribution in [1.82, 2.24) is 4.98 Å². The molecule has 0 aliphatic rings. The number of aliphatic carboxylic acids is 1. The number of nitrogens with two attached hydrogens (primary N) is 1. The van der Waals surface area contributed by atoms with E-state index >= 15 is 0 Å².